The number of benzene rings is 2. The van der Waals surface area contributed by atoms with Crippen LogP contribution in [0, 0.1) is 6.92 Å². The standard InChI is InChI=1S/C21H22N2O2S/c1-3-19(24)23-11-12-26-21(23)17-9-4-5-10-18(17)22(20(21)25)14-16-8-6-7-15(2)13-16/h4-10,13H,3,11-12,14H2,1-2H3/t21-/m1/s1. The van der Waals surface area contributed by atoms with Crippen molar-refractivity contribution in [2.24, 2.45) is 0 Å². The topological polar surface area (TPSA) is 40.6 Å². The molecule has 0 bridgehead atoms. The first-order chi connectivity index (χ1) is 12.6. The van der Waals surface area contributed by atoms with Gasteiger partial charge in [-0.2, -0.15) is 0 Å². The van der Waals surface area contributed by atoms with Gasteiger partial charge in [-0.3, -0.25) is 9.59 Å². The quantitative estimate of drug-likeness (QED) is 0.832. The van der Waals surface area contributed by atoms with Crippen LogP contribution in [0.15, 0.2) is 48.5 Å². The van der Waals surface area contributed by atoms with Gasteiger partial charge in [-0.1, -0.05) is 55.0 Å². The van der Waals surface area contributed by atoms with Gasteiger partial charge in [0.1, 0.15) is 0 Å². The van der Waals surface area contributed by atoms with Gasteiger partial charge in [0.05, 0.1) is 12.2 Å². The molecule has 0 radical (unpaired) electrons. The third-order valence-corrected chi connectivity index (χ3v) is 6.55. The second-order valence-corrected chi connectivity index (χ2v) is 8.08. The van der Waals surface area contributed by atoms with Crippen LogP contribution in [-0.4, -0.2) is 29.0 Å². The number of thioether (sulfide) groups is 1. The van der Waals surface area contributed by atoms with Gasteiger partial charge in [-0.05, 0) is 18.6 Å². The van der Waals surface area contributed by atoms with Crippen LogP contribution in [0.2, 0.25) is 0 Å². The van der Waals surface area contributed by atoms with Crippen LogP contribution in [0.25, 0.3) is 0 Å². The number of carbonyl (C=O) groups is 2. The van der Waals surface area contributed by atoms with Crippen molar-refractivity contribution in [3.05, 3.63) is 65.2 Å². The summed E-state index contributed by atoms with van der Waals surface area (Å²) in [5, 5.41) is 0. The molecule has 134 valence electrons. The van der Waals surface area contributed by atoms with E-state index in [1.807, 2.05) is 48.2 Å². The van der Waals surface area contributed by atoms with Crippen molar-refractivity contribution in [2.75, 3.05) is 17.2 Å². The van der Waals surface area contributed by atoms with E-state index in [2.05, 4.69) is 19.1 Å². The maximum absolute atomic E-state index is 13.6. The Morgan fingerprint density at radius 2 is 2.00 bits per heavy atom. The summed E-state index contributed by atoms with van der Waals surface area (Å²) >= 11 is 1.59. The molecule has 1 fully saturated rings. The highest BCUT2D eigenvalue weighted by Gasteiger charge is 2.58. The molecule has 2 heterocycles. The Labute approximate surface area is 158 Å². The molecule has 4 rings (SSSR count). The van der Waals surface area contributed by atoms with Crippen molar-refractivity contribution in [1.29, 1.82) is 0 Å². The molecule has 0 unspecified atom stereocenters. The van der Waals surface area contributed by atoms with Gasteiger partial charge in [-0.15, -0.1) is 11.8 Å². The Bertz CT molecular complexity index is 882. The number of nitrogens with zero attached hydrogens (tertiary/aromatic N) is 2. The number of fused-ring (bicyclic) bond motifs is 2. The van der Waals surface area contributed by atoms with Crippen LogP contribution >= 0.6 is 11.8 Å². The van der Waals surface area contributed by atoms with Gasteiger partial charge in [0, 0.05) is 24.3 Å². The summed E-state index contributed by atoms with van der Waals surface area (Å²) < 4.78 is 0. The van der Waals surface area contributed by atoms with Crippen molar-refractivity contribution < 1.29 is 9.59 Å². The number of aryl methyl sites for hydroxylation is 1. The molecule has 5 heteroatoms. The summed E-state index contributed by atoms with van der Waals surface area (Å²) in [4.78, 5) is 28.9. The maximum Gasteiger partial charge on any atom is 0.268 e. The van der Waals surface area contributed by atoms with E-state index in [0.717, 1.165) is 22.6 Å². The van der Waals surface area contributed by atoms with Gasteiger partial charge in [0.25, 0.3) is 5.91 Å². The highest BCUT2D eigenvalue weighted by Crippen LogP contribution is 2.54. The predicted octanol–water partition coefficient (Wildman–Crippen LogP) is 3.68. The summed E-state index contributed by atoms with van der Waals surface area (Å²) in [5.74, 6) is 0.824. The molecule has 26 heavy (non-hydrogen) atoms. The number of hydrogen-bond acceptors (Lipinski definition) is 3. The molecular weight excluding hydrogens is 344 g/mol. The van der Waals surface area contributed by atoms with Crippen LogP contribution in [0.3, 0.4) is 0 Å². The second kappa shape index (κ2) is 6.47. The molecule has 1 saturated heterocycles. The minimum absolute atomic E-state index is 0.00417. The molecule has 2 amide bonds. The summed E-state index contributed by atoms with van der Waals surface area (Å²) in [6.07, 6.45) is 0.412. The molecule has 0 saturated carbocycles. The summed E-state index contributed by atoms with van der Waals surface area (Å²) in [6, 6.07) is 16.1. The van der Waals surface area contributed by atoms with Gasteiger partial charge >= 0.3 is 0 Å². The first-order valence-corrected chi connectivity index (χ1v) is 9.98. The molecule has 2 aliphatic rings. The van der Waals surface area contributed by atoms with Gasteiger partial charge in [-0.25, -0.2) is 0 Å². The van der Waals surface area contributed by atoms with E-state index in [9.17, 15) is 9.59 Å². The minimum Gasteiger partial charge on any atom is -0.315 e. The predicted molar refractivity (Wildman–Crippen MR) is 105 cm³/mol. The molecule has 2 aliphatic heterocycles. The smallest absolute Gasteiger partial charge is 0.268 e. The summed E-state index contributed by atoms with van der Waals surface area (Å²) in [6.45, 7) is 5.05. The third kappa shape index (κ3) is 2.45. The SMILES string of the molecule is CCC(=O)N1CCS[C@]12C(=O)N(Cc1cccc(C)c1)c1ccccc12. The highest BCUT2D eigenvalue weighted by atomic mass is 32.2. The summed E-state index contributed by atoms with van der Waals surface area (Å²) in [5.41, 5.74) is 4.14. The number of carbonyl (C=O) groups excluding carboxylic acids is 2. The number of anilines is 1. The molecule has 1 spiro atoms. The monoisotopic (exact) mass is 366 g/mol. The van der Waals surface area contributed by atoms with E-state index < -0.39 is 4.87 Å². The van der Waals surface area contributed by atoms with Crippen molar-refractivity contribution in [3.63, 3.8) is 0 Å². The van der Waals surface area contributed by atoms with Gasteiger partial charge in [0.2, 0.25) is 5.91 Å². The highest BCUT2D eigenvalue weighted by molar-refractivity contribution is 8.01. The second-order valence-electron chi connectivity index (χ2n) is 6.79. The Hall–Kier alpha value is -2.27. The fourth-order valence-electron chi connectivity index (χ4n) is 3.96. The minimum atomic E-state index is -0.895. The van der Waals surface area contributed by atoms with E-state index in [4.69, 9.17) is 0 Å². The van der Waals surface area contributed by atoms with Crippen molar-refractivity contribution in [1.82, 2.24) is 4.90 Å². The molecule has 0 N–H and O–H groups in total. The Balaban J connectivity index is 1.79. The molecule has 0 aromatic heterocycles. The largest absolute Gasteiger partial charge is 0.315 e. The molecular formula is C21H22N2O2S. The van der Waals surface area contributed by atoms with E-state index in [-0.39, 0.29) is 11.8 Å². The van der Waals surface area contributed by atoms with Crippen LogP contribution in [0.1, 0.15) is 30.0 Å². The number of rotatable bonds is 3. The molecule has 2 aromatic rings. The lowest BCUT2D eigenvalue weighted by Gasteiger charge is -2.33. The lowest BCUT2D eigenvalue weighted by Crippen LogP contribution is -2.50. The van der Waals surface area contributed by atoms with Crippen molar-refractivity contribution in [3.8, 4) is 0 Å². The zero-order chi connectivity index (χ0) is 18.3. The first-order valence-electron chi connectivity index (χ1n) is 8.99. The van der Waals surface area contributed by atoms with Gasteiger partial charge < -0.3 is 9.80 Å². The van der Waals surface area contributed by atoms with E-state index in [0.29, 0.717) is 19.5 Å². The average Bonchev–Trinajstić information content (AvgIpc) is 3.19. The summed E-state index contributed by atoms with van der Waals surface area (Å²) in [7, 11) is 0. The first kappa shape index (κ1) is 17.2. The molecule has 4 nitrogen and oxygen atoms in total. The third-order valence-electron chi connectivity index (χ3n) is 5.13. The lowest BCUT2D eigenvalue weighted by atomic mass is 10.1. The van der Waals surface area contributed by atoms with Crippen molar-refractivity contribution in [2.45, 2.75) is 31.7 Å². The Kier molecular flexibility index (Phi) is 4.27. The normalized spacial score (nSPS) is 21.5. The van der Waals surface area contributed by atoms with Crippen LogP contribution in [-0.2, 0) is 21.0 Å². The molecule has 2 aromatic carbocycles. The van der Waals surface area contributed by atoms with Crippen molar-refractivity contribution >= 4 is 29.3 Å². The van der Waals surface area contributed by atoms with E-state index in [1.54, 1.807) is 16.7 Å². The fraction of sp³-hybridized carbons (Fsp3) is 0.333. The van der Waals surface area contributed by atoms with Crippen LogP contribution < -0.4 is 4.90 Å². The average molecular weight is 366 g/mol. The number of para-hydroxylation sites is 1. The lowest BCUT2D eigenvalue weighted by molar-refractivity contribution is -0.139. The van der Waals surface area contributed by atoms with E-state index >= 15 is 0 Å². The van der Waals surface area contributed by atoms with Crippen LogP contribution in [0.4, 0.5) is 5.69 Å². The molecule has 1 atom stereocenters. The number of amides is 2. The zero-order valence-electron chi connectivity index (χ0n) is 15.1. The maximum atomic E-state index is 13.6. The molecule has 0 aliphatic carbocycles. The van der Waals surface area contributed by atoms with Gasteiger partial charge in [0.15, 0.2) is 4.87 Å². The van der Waals surface area contributed by atoms with Crippen LogP contribution in [0.5, 0.6) is 0 Å². The zero-order valence-corrected chi connectivity index (χ0v) is 15.9. The fourth-order valence-corrected chi connectivity index (χ4v) is 5.44. The Morgan fingerprint density at radius 1 is 1.19 bits per heavy atom. The van der Waals surface area contributed by atoms with E-state index in [1.165, 1.54) is 5.56 Å². The Morgan fingerprint density at radius 3 is 2.77 bits per heavy atom. The number of hydrogen-bond donors (Lipinski definition) is 0.